The number of ether oxygens (including phenoxy) is 2. The molecule has 1 N–H and O–H groups in total. The van der Waals surface area contributed by atoms with Crippen LogP contribution in [0.2, 0.25) is 0 Å². The highest BCUT2D eigenvalue weighted by atomic mass is 16.6. The first-order valence-corrected chi connectivity index (χ1v) is 7.17. The zero-order chi connectivity index (χ0) is 16.0. The number of carbonyl (C=O) groups excluding carboxylic acids is 1. The van der Waals surface area contributed by atoms with E-state index in [1.54, 1.807) is 6.92 Å². The van der Waals surface area contributed by atoms with Crippen LogP contribution < -0.4 is 0 Å². The molecule has 0 saturated heterocycles. The van der Waals surface area contributed by atoms with Crippen molar-refractivity contribution in [2.24, 2.45) is 0 Å². The van der Waals surface area contributed by atoms with Crippen LogP contribution in [0.4, 0.5) is 0 Å². The third-order valence-corrected chi connectivity index (χ3v) is 3.62. The minimum atomic E-state index is -1.47. The van der Waals surface area contributed by atoms with Gasteiger partial charge in [-0.1, -0.05) is 60.7 Å². The minimum absolute atomic E-state index is 0.194. The van der Waals surface area contributed by atoms with Crippen LogP contribution in [0.1, 0.15) is 18.1 Å². The predicted octanol–water partition coefficient (Wildman–Crippen LogP) is 2.50. The van der Waals surface area contributed by atoms with Crippen LogP contribution >= 0.6 is 0 Å². The van der Waals surface area contributed by atoms with Gasteiger partial charge in [0.25, 0.3) is 0 Å². The molecule has 2 aromatic carbocycles. The molecule has 0 fully saturated rings. The molecular weight excluding hydrogens is 280 g/mol. The van der Waals surface area contributed by atoms with Crippen LogP contribution in [0.15, 0.2) is 60.7 Å². The second-order valence-corrected chi connectivity index (χ2v) is 4.83. The van der Waals surface area contributed by atoms with E-state index in [0.717, 1.165) is 0 Å². The van der Waals surface area contributed by atoms with Crippen molar-refractivity contribution >= 4 is 5.97 Å². The number of benzene rings is 2. The minimum Gasteiger partial charge on any atom is -0.464 e. The molecule has 4 nitrogen and oxygen atoms in total. The molecule has 1 atom stereocenters. The highest BCUT2D eigenvalue weighted by molar-refractivity contribution is 5.77. The van der Waals surface area contributed by atoms with E-state index in [4.69, 9.17) is 9.47 Å². The van der Waals surface area contributed by atoms with Crippen molar-refractivity contribution in [3.05, 3.63) is 71.8 Å². The Bertz CT molecular complexity index is 555. The van der Waals surface area contributed by atoms with Crippen molar-refractivity contribution in [1.29, 1.82) is 0 Å². The van der Waals surface area contributed by atoms with E-state index in [0.29, 0.717) is 11.1 Å². The Kier molecular flexibility index (Phi) is 5.31. The lowest BCUT2D eigenvalue weighted by atomic mass is 9.81. The third-order valence-electron chi connectivity index (χ3n) is 3.62. The molecule has 0 saturated carbocycles. The molecular formula is C18H20O4. The molecule has 2 rings (SSSR count). The molecule has 0 spiro atoms. The molecule has 1 unspecified atom stereocenters. The smallest absolute Gasteiger partial charge is 0.338 e. The lowest BCUT2D eigenvalue weighted by molar-refractivity contribution is -0.169. The van der Waals surface area contributed by atoms with Crippen molar-refractivity contribution in [3.63, 3.8) is 0 Å². The van der Waals surface area contributed by atoms with Crippen LogP contribution in [-0.4, -0.2) is 30.9 Å². The van der Waals surface area contributed by atoms with Gasteiger partial charge in [0, 0.05) is 7.11 Å². The van der Waals surface area contributed by atoms with Crippen molar-refractivity contribution in [1.82, 2.24) is 0 Å². The van der Waals surface area contributed by atoms with Crippen molar-refractivity contribution < 1.29 is 19.4 Å². The lowest BCUT2D eigenvalue weighted by Crippen LogP contribution is -2.47. The fourth-order valence-corrected chi connectivity index (χ4v) is 2.59. The molecule has 2 aromatic rings. The van der Waals surface area contributed by atoms with Gasteiger partial charge in [0.1, 0.15) is 0 Å². The van der Waals surface area contributed by atoms with Gasteiger partial charge < -0.3 is 14.6 Å². The predicted molar refractivity (Wildman–Crippen MR) is 83.3 cm³/mol. The Labute approximate surface area is 130 Å². The van der Waals surface area contributed by atoms with E-state index in [9.17, 15) is 9.90 Å². The molecule has 0 radical (unpaired) electrons. The van der Waals surface area contributed by atoms with Gasteiger partial charge in [-0.2, -0.15) is 0 Å². The molecule has 0 aromatic heterocycles. The van der Waals surface area contributed by atoms with Crippen molar-refractivity contribution in [3.8, 4) is 0 Å². The summed E-state index contributed by atoms with van der Waals surface area (Å²) < 4.78 is 10.7. The summed E-state index contributed by atoms with van der Waals surface area (Å²) in [5, 5.41) is 10.7. The average Bonchev–Trinajstić information content (AvgIpc) is 2.58. The van der Waals surface area contributed by atoms with Crippen LogP contribution in [0.5, 0.6) is 0 Å². The number of aliphatic hydroxyl groups excluding tert-OH is 1. The van der Waals surface area contributed by atoms with Crippen LogP contribution in [0.3, 0.4) is 0 Å². The van der Waals surface area contributed by atoms with E-state index in [1.165, 1.54) is 7.11 Å². The van der Waals surface area contributed by atoms with Gasteiger partial charge in [-0.25, -0.2) is 4.79 Å². The fraction of sp³-hybridized carbons (Fsp3) is 0.278. The SMILES string of the molecule is CCOC(=O)C(O)C(OC)(c1ccccc1)c1ccccc1. The van der Waals surface area contributed by atoms with Gasteiger partial charge in [0.05, 0.1) is 6.61 Å². The van der Waals surface area contributed by atoms with Gasteiger partial charge in [-0.05, 0) is 18.1 Å². The summed E-state index contributed by atoms with van der Waals surface area (Å²) in [5.74, 6) is -0.711. The zero-order valence-corrected chi connectivity index (χ0v) is 12.7. The molecule has 0 amide bonds. The Morgan fingerprint density at radius 2 is 1.50 bits per heavy atom. The first kappa shape index (κ1) is 16.2. The van der Waals surface area contributed by atoms with Gasteiger partial charge >= 0.3 is 5.97 Å². The van der Waals surface area contributed by atoms with Crippen LogP contribution in [0.25, 0.3) is 0 Å². The standard InChI is InChI=1S/C18H20O4/c1-3-22-17(20)16(19)18(21-2,14-10-6-4-7-11-14)15-12-8-5-9-13-15/h4-13,16,19H,3H2,1-2H3. The van der Waals surface area contributed by atoms with E-state index in [-0.39, 0.29) is 6.61 Å². The summed E-state index contributed by atoms with van der Waals surface area (Å²) >= 11 is 0. The molecule has 4 heteroatoms. The monoisotopic (exact) mass is 300 g/mol. The highest BCUT2D eigenvalue weighted by Gasteiger charge is 2.46. The van der Waals surface area contributed by atoms with E-state index < -0.39 is 17.7 Å². The fourth-order valence-electron chi connectivity index (χ4n) is 2.59. The Hall–Kier alpha value is -2.17. The number of rotatable bonds is 6. The first-order valence-electron chi connectivity index (χ1n) is 7.17. The normalized spacial score (nSPS) is 12.7. The van der Waals surface area contributed by atoms with E-state index in [2.05, 4.69) is 0 Å². The summed E-state index contributed by atoms with van der Waals surface area (Å²) in [5.41, 5.74) is 0.0582. The number of aliphatic hydroxyl groups is 1. The van der Waals surface area contributed by atoms with Crippen molar-refractivity contribution in [2.45, 2.75) is 18.6 Å². The second kappa shape index (κ2) is 7.20. The quantitative estimate of drug-likeness (QED) is 0.833. The lowest BCUT2D eigenvalue weighted by Gasteiger charge is -2.36. The Morgan fingerprint density at radius 1 is 1.05 bits per heavy atom. The first-order chi connectivity index (χ1) is 10.7. The highest BCUT2D eigenvalue weighted by Crippen LogP contribution is 2.37. The number of carbonyl (C=O) groups is 1. The number of esters is 1. The van der Waals surface area contributed by atoms with Gasteiger partial charge in [-0.15, -0.1) is 0 Å². The number of methoxy groups -OCH3 is 1. The van der Waals surface area contributed by atoms with Crippen LogP contribution in [0, 0.1) is 0 Å². The van der Waals surface area contributed by atoms with Crippen molar-refractivity contribution in [2.75, 3.05) is 13.7 Å². The molecule has 22 heavy (non-hydrogen) atoms. The average molecular weight is 300 g/mol. The van der Waals surface area contributed by atoms with Crippen LogP contribution in [-0.2, 0) is 19.9 Å². The molecule has 116 valence electrons. The number of hydrogen-bond donors (Lipinski definition) is 1. The maximum atomic E-state index is 12.1. The summed E-state index contributed by atoms with van der Waals surface area (Å²) in [6.07, 6.45) is -1.47. The molecule has 0 bridgehead atoms. The molecule has 0 aliphatic rings. The summed E-state index contributed by atoms with van der Waals surface area (Å²) in [6, 6.07) is 18.4. The molecule has 0 heterocycles. The largest absolute Gasteiger partial charge is 0.464 e. The topological polar surface area (TPSA) is 55.8 Å². The molecule has 0 aliphatic carbocycles. The zero-order valence-electron chi connectivity index (χ0n) is 12.7. The maximum absolute atomic E-state index is 12.1. The third kappa shape index (κ3) is 2.89. The van der Waals surface area contributed by atoms with E-state index in [1.807, 2.05) is 60.7 Å². The molecule has 0 aliphatic heterocycles. The Morgan fingerprint density at radius 3 is 1.86 bits per heavy atom. The summed E-state index contributed by atoms with van der Waals surface area (Å²) in [7, 11) is 1.47. The Balaban J connectivity index is 2.60. The summed E-state index contributed by atoms with van der Waals surface area (Å²) in [6.45, 7) is 1.89. The second-order valence-electron chi connectivity index (χ2n) is 4.83. The maximum Gasteiger partial charge on any atom is 0.338 e. The summed E-state index contributed by atoms with van der Waals surface area (Å²) in [4.78, 5) is 12.1. The van der Waals surface area contributed by atoms with E-state index >= 15 is 0 Å². The number of hydrogen-bond acceptors (Lipinski definition) is 4. The van der Waals surface area contributed by atoms with Gasteiger partial charge in [0.2, 0.25) is 0 Å². The van der Waals surface area contributed by atoms with Gasteiger partial charge in [0.15, 0.2) is 11.7 Å². The van der Waals surface area contributed by atoms with Gasteiger partial charge in [-0.3, -0.25) is 0 Å².